The number of thioether (sulfide) groups is 1. The average Bonchev–Trinajstić information content (AvgIpc) is 3.17. The number of halogens is 1. The Bertz CT molecular complexity index is 828. The maximum Gasteiger partial charge on any atom is 0.238 e. The van der Waals surface area contributed by atoms with Gasteiger partial charge in [-0.3, -0.25) is 9.59 Å². The highest BCUT2D eigenvalue weighted by Gasteiger charge is 2.32. The number of carbonyl (C=O) groups is 2. The molecule has 1 fully saturated rings. The van der Waals surface area contributed by atoms with Gasteiger partial charge in [-0.25, -0.2) is 4.98 Å². The third-order valence-electron chi connectivity index (χ3n) is 4.70. The third kappa shape index (κ3) is 3.75. The molecule has 2 unspecified atom stereocenters. The fourth-order valence-electron chi connectivity index (χ4n) is 3.39. The second kappa shape index (κ2) is 7.58. The van der Waals surface area contributed by atoms with Crippen LogP contribution in [0, 0.1) is 0 Å². The zero-order chi connectivity index (χ0) is 18.1. The summed E-state index contributed by atoms with van der Waals surface area (Å²) in [5.41, 5.74) is 0.720. The van der Waals surface area contributed by atoms with Crippen molar-refractivity contribution in [3.63, 3.8) is 0 Å². The summed E-state index contributed by atoms with van der Waals surface area (Å²) >= 11 is 9.06. The van der Waals surface area contributed by atoms with Crippen LogP contribution in [-0.2, 0) is 9.59 Å². The SMILES string of the molecule is O=C1Nc2cc(Cl)ccc2SC1CC(=O)N1CCCC(c2nccs2)C1. The van der Waals surface area contributed by atoms with Crippen LogP contribution in [0.2, 0.25) is 5.02 Å². The Morgan fingerprint density at radius 3 is 3.12 bits per heavy atom. The van der Waals surface area contributed by atoms with Crippen molar-refractivity contribution < 1.29 is 9.59 Å². The van der Waals surface area contributed by atoms with Crippen LogP contribution in [0.3, 0.4) is 0 Å². The number of nitrogens with zero attached hydrogens (tertiary/aromatic N) is 2. The Labute approximate surface area is 165 Å². The lowest BCUT2D eigenvalue weighted by Gasteiger charge is -2.33. The first-order valence-corrected chi connectivity index (χ1v) is 10.7. The second-order valence-corrected chi connectivity index (χ2v) is 9.10. The predicted molar refractivity (Wildman–Crippen MR) is 105 cm³/mol. The predicted octanol–water partition coefficient (Wildman–Crippen LogP) is 4.01. The molecule has 2 aliphatic rings. The van der Waals surface area contributed by atoms with Gasteiger partial charge >= 0.3 is 0 Å². The van der Waals surface area contributed by atoms with E-state index in [1.807, 2.05) is 22.5 Å². The number of carbonyl (C=O) groups excluding carboxylic acids is 2. The molecule has 8 heteroatoms. The van der Waals surface area contributed by atoms with Crippen molar-refractivity contribution in [2.75, 3.05) is 18.4 Å². The van der Waals surface area contributed by atoms with Gasteiger partial charge in [0.05, 0.1) is 15.9 Å². The molecule has 5 nitrogen and oxygen atoms in total. The molecule has 136 valence electrons. The quantitative estimate of drug-likeness (QED) is 0.835. The summed E-state index contributed by atoms with van der Waals surface area (Å²) in [5, 5.41) is 6.12. The topological polar surface area (TPSA) is 62.3 Å². The number of likely N-dealkylation sites (tertiary alicyclic amines) is 1. The van der Waals surface area contributed by atoms with Crippen molar-refractivity contribution in [2.24, 2.45) is 0 Å². The fraction of sp³-hybridized carbons (Fsp3) is 0.389. The molecule has 1 aromatic carbocycles. The molecule has 2 aliphatic heterocycles. The lowest BCUT2D eigenvalue weighted by Crippen LogP contribution is -2.42. The van der Waals surface area contributed by atoms with Crippen LogP contribution in [0.15, 0.2) is 34.7 Å². The number of piperidine rings is 1. The minimum atomic E-state index is -0.406. The van der Waals surface area contributed by atoms with Gasteiger partial charge in [-0.15, -0.1) is 23.1 Å². The molecular weight excluding hydrogens is 390 g/mol. The molecule has 2 aromatic rings. The van der Waals surface area contributed by atoms with Gasteiger partial charge in [-0.05, 0) is 31.0 Å². The van der Waals surface area contributed by atoms with Crippen molar-refractivity contribution >= 4 is 52.2 Å². The van der Waals surface area contributed by atoms with Gasteiger partial charge in [0.2, 0.25) is 11.8 Å². The Morgan fingerprint density at radius 1 is 1.42 bits per heavy atom. The lowest BCUT2D eigenvalue weighted by molar-refractivity contribution is -0.133. The molecule has 0 spiro atoms. The Morgan fingerprint density at radius 2 is 2.31 bits per heavy atom. The van der Waals surface area contributed by atoms with E-state index in [4.69, 9.17) is 11.6 Å². The highest BCUT2D eigenvalue weighted by Crippen LogP contribution is 2.38. The molecule has 1 saturated heterocycles. The molecule has 4 rings (SSSR count). The number of anilines is 1. The first kappa shape index (κ1) is 17.8. The molecule has 0 radical (unpaired) electrons. The lowest BCUT2D eigenvalue weighted by atomic mass is 9.98. The first-order valence-electron chi connectivity index (χ1n) is 8.54. The third-order valence-corrected chi connectivity index (χ3v) is 7.14. The number of hydrogen-bond donors (Lipinski definition) is 1. The van der Waals surface area contributed by atoms with Gasteiger partial charge in [-0.1, -0.05) is 11.6 Å². The number of fused-ring (bicyclic) bond motifs is 1. The van der Waals surface area contributed by atoms with Gasteiger partial charge < -0.3 is 10.2 Å². The Kier molecular flexibility index (Phi) is 5.20. The van der Waals surface area contributed by atoms with Crippen molar-refractivity contribution in [2.45, 2.75) is 35.3 Å². The van der Waals surface area contributed by atoms with Crippen molar-refractivity contribution in [1.82, 2.24) is 9.88 Å². The molecule has 2 atom stereocenters. The number of hydrogen-bond acceptors (Lipinski definition) is 5. The number of thiazole rings is 1. The number of benzene rings is 1. The number of rotatable bonds is 3. The standard InChI is InChI=1S/C18H18ClN3O2S2/c19-12-3-4-14-13(8-12)21-17(24)15(26-14)9-16(23)22-6-1-2-11(10-22)18-20-5-7-25-18/h3-5,7-8,11,15H,1-2,6,9-10H2,(H,21,24). The van der Waals surface area contributed by atoms with Crippen molar-refractivity contribution in [3.05, 3.63) is 39.8 Å². The Balaban J connectivity index is 1.41. The van der Waals surface area contributed by atoms with E-state index in [1.165, 1.54) is 11.8 Å². The van der Waals surface area contributed by atoms with Gasteiger partial charge in [0.15, 0.2) is 0 Å². The highest BCUT2D eigenvalue weighted by molar-refractivity contribution is 8.01. The van der Waals surface area contributed by atoms with E-state index in [2.05, 4.69) is 10.3 Å². The van der Waals surface area contributed by atoms with E-state index < -0.39 is 5.25 Å². The average molecular weight is 408 g/mol. The van der Waals surface area contributed by atoms with E-state index in [9.17, 15) is 9.59 Å². The Hall–Kier alpha value is -1.57. The van der Waals surface area contributed by atoms with E-state index in [0.717, 1.165) is 35.0 Å². The van der Waals surface area contributed by atoms with Crippen LogP contribution < -0.4 is 5.32 Å². The summed E-state index contributed by atoms with van der Waals surface area (Å²) in [7, 11) is 0. The molecular formula is C18H18ClN3O2S2. The number of amides is 2. The maximum absolute atomic E-state index is 12.8. The zero-order valence-electron chi connectivity index (χ0n) is 14.0. The van der Waals surface area contributed by atoms with Crippen LogP contribution in [0.25, 0.3) is 0 Å². The molecule has 3 heterocycles. The van der Waals surface area contributed by atoms with Gasteiger partial charge in [0, 0.05) is 46.9 Å². The smallest absolute Gasteiger partial charge is 0.238 e. The highest BCUT2D eigenvalue weighted by atomic mass is 35.5. The summed E-state index contributed by atoms with van der Waals surface area (Å²) in [6.45, 7) is 1.45. The summed E-state index contributed by atoms with van der Waals surface area (Å²) in [6, 6.07) is 5.43. The van der Waals surface area contributed by atoms with E-state index in [-0.39, 0.29) is 18.2 Å². The van der Waals surface area contributed by atoms with Crippen LogP contribution in [0.5, 0.6) is 0 Å². The van der Waals surface area contributed by atoms with Crippen LogP contribution in [-0.4, -0.2) is 40.0 Å². The number of nitrogens with one attached hydrogen (secondary N) is 1. The van der Waals surface area contributed by atoms with Crippen molar-refractivity contribution in [3.8, 4) is 0 Å². The van der Waals surface area contributed by atoms with Crippen molar-refractivity contribution in [1.29, 1.82) is 0 Å². The van der Waals surface area contributed by atoms with Gasteiger partial charge in [0.1, 0.15) is 0 Å². The zero-order valence-corrected chi connectivity index (χ0v) is 16.4. The fourth-order valence-corrected chi connectivity index (χ4v) is 5.41. The van der Waals surface area contributed by atoms with Crippen LogP contribution in [0.4, 0.5) is 5.69 Å². The summed E-state index contributed by atoms with van der Waals surface area (Å²) < 4.78 is 0. The molecule has 2 amide bonds. The van der Waals surface area contributed by atoms with E-state index >= 15 is 0 Å². The van der Waals surface area contributed by atoms with Crippen LogP contribution >= 0.6 is 34.7 Å². The molecule has 1 aromatic heterocycles. The van der Waals surface area contributed by atoms with E-state index in [1.54, 1.807) is 23.5 Å². The largest absolute Gasteiger partial charge is 0.342 e. The molecule has 0 bridgehead atoms. The number of aromatic nitrogens is 1. The monoisotopic (exact) mass is 407 g/mol. The summed E-state index contributed by atoms with van der Waals surface area (Å²) in [5.74, 6) is 0.214. The molecule has 0 aliphatic carbocycles. The summed E-state index contributed by atoms with van der Waals surface area (Å²) in [4.78, 5) is 32.4. The van der Waals surface area contributed by atoms with E-state index in [0.29, 0.717) is 17.5 Å². The minimum Gasteiger partial charge on any atom is -0.342 e. The van der Waals surface area contributed by atoms with Gasteiger partial charge in [-0.2, -0.15) is 0 Å². The summed E-state index contributed by atoms with van der Waals surface area (Å²) in [6.07, 6.45) is 4.06. The maximum atomic E-state index is 12.8. The molecule has 0 saturated carbocycles. The second-order valence-electron chi connectivity index (χ2n) is 6.49. The first-order chi connectivity index (χ1) is 12.6. The molecule has 1 N–H and O–H groups in total. The van der Waals surface area contributed by atoms with Gasteiger partial charge in [0.25, 0.3) is 0 Å². The minimum absolute atomic E-state index is 0.0383. The van der Waals surface area contributed by atoms with Crippen LogP contribution in [0.1, 0.15) is 30.2 Å². The normalized spacial score (nSPS) is 22.7. The molecule has 26 heavy (non-hydrogen) atoms.